The van der Waals surface area contributed by atoms with Gasteiger partial charge in [0.25, 0.3) is 0 Å². The van der Waals surface area contributed by atoms with Gasteiger partial charge in [0.15, 0.2) is 0 Å². The van der Waals surface area contributed by atoms with E-state index in [2.05, 4.69) is 137 Å². The number of hydrogen-bond donors (Lipinski definition) is 0. The molecule has 4 heterocycles. The van der Waals surface area contributed by atoms with Crippen LogP contribution in [-0.2, 0) is 0 Å². The first-order chi connectivity index (χ1) is 21.8. The van der Waals surface area contributed by atoms with Gasteiger partial charge >= 0.3 is 6.85 Å². The fourth-order valence-corrected chi connectivity index (χ4v) is 9.42. The predicted octanol–water partition coefficient (Wildman–Crippen LogP) is 8.95. The van der Waals surface area contributed by atoms with Crippen LogP contribution in [0.1, 0.15) is 5.56 Å². The topological polar surface area (TPSA) is 9.86 Å². The number of aromatic nitrogens is 2. The largest absolute Gasteiger partial charge is 0.375 e. The van der Waals surface area contributed by atoms with E-state index in [1.807, 2.05) is 0 Å². The van der Waals surface area contributed by atoms with E-state index in [9.17, 15) is 0 Å². The average Bonchev–Trinajstić information content (AvgIpc) is 3.55. The summed E-state index contributed by atoms with van der Waals surface area (Å²) in [5.41, 5.74) is 18.8. The van der Waals surface area contributed by atoms with Crippen LogP contribution in [0, 0.1) is 6.92 Å². The van der Waals surface area contributed by atoms with E-state index < -0.39 is 0 Å². The fourth-order valence-electron chi connectivity index (χ4n) is 9.42. The quantitative estimate of drug-likeness (QED) is 0.166. The maximum absolute atomic E-state index is 2.67. The number of para-hydroxylation sites is 2. The molecule has 0 N–H and O–H groups in total. The first-order valence-electron chi connectivity index (χ1n) is 15.6. The predicted molar refractivity (Wildman–Crippen MR) is 186 cm³/mol. The zero-order valence-corrected chi connectivity index (χ0v) is 24.0. The van der Waals surface area contributed by atoms with Gasteiger partial charge in [-0.25, -0.2) is 0 Å². The third-order valence-electron chi connectivity index (χ3n) is 10.9. The molecule has 2 nitrogen and oxygen atoms in total. The second-order valence-electron chi connectivity index (χ2n) is 12.9. The maximum atomic E-state index is 2.67. The van der Waals surface area contributed by atoms with E-state index in [4.69, 9.17) is 0 Å². The minimum Gasteiger partial charge on any atom is -0.375 e. The SMILES string of the molecule is Cc1ccc2c3c1-c1cccc4c5ccccc5n(c14)B3c1cc3cccc4c3c3c5c(cccc5n-2c13)-c1ccccc1-4. The molecule has 0 fully saturated rings. The van der Waals surface area contributed by atoms with E-state index in [0.717, 1.165) is 0 Å². The summed E-state index contributed by atoms with van der Waals surface area (Å²) >= 11 is 0. The van der Waals surface area contributed by atoms with Crippen LogP contribution >= 0.6 is 0 Å². The molecule has 3 heteroatoms. The molecule has 200 valence electrons. The van der Waals surface area contributed by atoms with Gasteiger partial charge in [-0.05, 0) is 80.2 Å². The lowest BCUT2D eigenvalue weighted by atomic mass is 9.45. The Morgan fingerprint density at radius 3 is 2.09 bits per heavy atom. The molecule has 0 unspecified atom stereocenters. The smallest absolute Gasteiger partial charge is 0.333 e. The first-order valence-corrected chi connectivity index (χ1v) is 15.6. The monoisotopic (exact) mass is 554 g/mol. The van der Waals surface area contributed by atoms with Crippen molar-refractivity contribution in [1.29, 1.82) is 0 Å². The molecular formula is C41H23BN2. The van der Waals surface area contributed by atoms with Crippen molar-refractivity contribution in [2.75, 3.05) is 0 Å². The van der Waals surface area contributed by atoms with Crippen LogP contribution in [0.3, 0.4) is 0 Å². The van der Waals surface area contributed by atoms with Crippen LogP contribution in [0.2, 0.25) is 0 Å². The lowest BCUT2D eigenvalue weighted by Crippen LogP contribution is -2.55. The molecule has 3 aliphatic rings. The van der Waals surface area contributed by atoms with E-state index in [-0.39, 0.29) is 6.85 Å². The van der Waals surface area contributed by atoms with E-state index >= 15 is 0 Å². The van der Waals surface area contributed by atoms with Gasteiger partial charge in [0, 0.05) is 43.8 Å². The fraction of sp³-hybridized carbons (Fsp3) is 0.0244. The number of nitrogens with zero attached hydrogens (tertiary/aromatic N) is 2. The Morgan fingerprint density at radius 1 is 0.523 bits per heavy atom. The van der Waals surface area contributed by atoms with Gasteiger partial charge in [-0.3, -0.25) is 0 Å². The van der Waals surface area contributed by atoms with Gasteiger partial charge in [0.05, 0.1) is 11.0 Å². The van der Waals surface area contributed by atoms with Crippen LogP contribution in [0.5, 0.6) is 0 Å². The summed E-state index contributed by atoms with van der Waals surface area (Å²) < 4.78 is 5.28. The molecule has 0 bridgehead atoms. The lowest BCUT2D eigenvalue weighted by molar-refractivity contribution is 1.17. The van der Waals surface area contributed by atoms with Gasteiger partial charge in [-0.1, -0.05) is 103 Å². The molecule has 0 saturated carbocycles. The molecule has 2 aliphatic heterocycles. The van der Waals surface area contributed by atoms with Crippen molar-refractivity contribution in [1.82, 2.24) is 9.05 Å². The number of aryl methyl sites for hydroxylation is 1. The third-order valence-corrected chi connectivity index (χ3v) is 10.9. The molecule has 0 saturated heterocycles. The normalized spacial score (nSPS) is 13.5. The van der Waals surface area contributed by atoms with Crippen LogP contribution < -0.4 is 10.9 Å². The highest BCUT2D eigenvalue weighted by Crippen LogP contribution is 2.51. The average molecular weight is 554 g/mol. The molecule has 7 aromatic carbocycles. The Bertz CT molecular complexity index is 2850. The molecule has 44 heavy (non-hydrogen) atoms. The second kappa shape index (κ2) is 7.15. The van der Waals surface area contributed by atoms with Gasteiger partial charge < -0.3 is 9.05 Å². The Balaban J connectivity index is 1.40. The van der Waals surface area contributed by atoms with Gasteiger partial charge in [-0.2, -0.15) is 0 Å². The van der Waals surface area contributed by atoms with Gasteiger partial charge in [0.1, 0.15) is 0 Å². The summed E-state index contributed by atoms with van der Waals surface area (Å²) in [6.07, 6.45) is 0. The third kappa shape index (κ3) is 2.23. The minimum atomic E-state index is 0.0798. The highest BCUT2D eigenvalue weighted by Gasteiger charge is 2.42. The molecule has 2 aromatic heterocycles. The van der Waals surface area contributed by atoms with Crippen LogP contribution in [0.15, 0.2) is 121 Å². The molecule has 0 radical (unpaired) electrons. The number of hydrogen-bond acceptors (Lipinski definition) is 0. The summed E-state index contributed by atoms with van der Waals surface area (Å²) in [6, 6.07) is 46.0. The summed E-state index contributed by atoms with van der Waals surface area (Å²) in [5, 5.41) is 8.14. The molecule has 9 aromatic rings. The number of benzene rings is 7. The summed E-state index contributed by atoms with van der Waals surface area (Å²) in [7, 11) is 0. The molecule has 0 spiro atoms. The summed E-state index contributed by atoms with van der Waals surface area (Å²) in [6.45, 7) is 2.37. The van der Waals surface area contributed by atoms with Crippen molar-refractivity contribution in [2.24, 2.45) is 0 Å². The van der Waals surface area contributed by atoms with Gasteiger partial charge in [0.2, 0.25) is 0 Å². The Hall–Kier alpha value is -5.54. The van der Waals surface area contributed by atoms with Crippen molar-refractivity contribution in [2.45, 2.75) is 6.92 Å². The Labute approximate surface area is 253 Å². The lowest BCUT2D eigenvalue weighted by Gasteiger charge is -2.35. The molecule has 1 aliphatic carbocycles. The van der Waals surface area contributed by atoms with Crippen molar-refractivity contribution in [3.8, 4) is 39.1 Å². The van der Waals surface area contributed by atoms with Gasteiger partial charge in [-0.15, -0.1) is 0 Å². The zero-order valence-electron chi connectivity index (χ0n) is 24.0. The van der Waals surface area contributed by atoms with E-state index in [1.54, 1.807) is 0 Å². The second-order valence-corrected chi connectivity index (χ2v) is 12.9. The number of fused-ring (bicyclic) bond motifs is 11. The molecular weight excluding hydrogens is 531 g/mol. The van der Waals surface area contributed by atoms with Crippen LogP contribution in [-0.4, -0.2) is 15.9 Å². The summed E-state index contributed by atoms with van der Waals surface area (Å²) in [4.78, 5) is 0. The highest BCUT2D eigenvalue weighted by atomic mass is 15.0. The first kappa shape index (κ1) is 22.1. The van der Waals surface area contributed by atoms with Crippen molar-refractivity contribution in [3.05, 3.63) is 127 Å². The zero-order chi connectivity index (χ0) is 28.4. The van der Waals surface area contributed by atoms with Crippen molar-refractivity contribution < 1.29 is 0 Å². The molecule has 0 atom stereocenters. The number of rotatable bonds is 0. The minimum absolute atomic E-state index is 0.0798. The van der Waals surface area contributed by atoms with E-state index in [1.165, 1.54) is 110 Å². The standard InChI is InChI=1S/C41H23BN2/c1-22-19-20-34-39-35(22)30-16-7-15-29-26-12-4-5-17-32(26)44(40(29)30)42(39)31-21-23-9-6-13-27-24-10-2-3-11-25(24)28-14-8-18-33-37(28)38(36(23)27)41(31)43(33)34/h2-21H,1H3. The van der Waals surface area contributed by atoms with Crippen molar-refractivity contribution in [3.63, 3.8) is 0 Å². The van der Waals surface area contributed by atoms with Crippen LogP contribution in [0.25, 0.3) is 93.5 Å². The highest BCUT2D eigenvalue weighted by molar-refractivity contribution is 6.90. The molecule has 0 amide bonds. The summed E-state index contributed by atoms with van der Waals surface area (Å²) in [5.74, 6) is 0. The Kier molecular flexibility index (Phi) is 3.59. The maximum Gasteiger partial charge on any atom is 0.333 e. The Morgan fingerprint density at radius 2 is 1.20 bits per heavy atom. The van der Waals surface area contributed by atoms with Crippen LogP contribution in [0.4, 0.5) is 0 Å². The van der Waals surface area contributed by atoms with E-state index in [0.29, 0.717) is 0 Å². The van der Waals surface area contributed by atoms with Crippen molar-refractivity contribution >= 4 is 72.2 Å². The molecule has 12 rings (SSSR count).